The lowest BCUT2D eigenvalue weighted by Gasteiger charge is -2.20. The van der Waals surface area contributed by atoms with E-state index >= 15 is 0 Å². The molecule has 0 spiro atoms. The van der Waals surface area contributed by atoms with Crippen molar-refractivity contribution in [3.63, 3.8) is 0 Å². The Morgan fingerprint density at radius 3 is 2.30 bits per heavy atom. The molecule has 2 N–H and O–H groups in total. The van der Waals surface area contributed by atoms with Crippen LogP contribution in [0.1, 0.15) is 40.0 Å². The van der Waals surface area contributed by atoms with Crippen LogP contribution < -0.4 is 5.73 Å². The lowest BCUT2D eigenvalue weighted by atomic mass is 9.92. The molecule has 0 rings (SSSR count). The second-order valence-corrected chi connectivity index (χ2v) is 2.94. The summed E-state index contributed by atoms with van der Waals surface area (Å²) in [5.41, 5.74) is 5.11. The maximum absolute atomic E-state index is 11.2. The first kappa shape index (κ1) is 9.63. The van der Waals surface area contributed by atoms with Crippen molar-refractivity contribution in [2.75, 3.05) is 0 Å². The maximum atomic E-state index is 11.2. The van der Waals surface area contributed by atoms with E-state index in [1.54, 1.807) is 6.92 Å². The minimum absolute atomic E-state index is 0.178. The Morgan fingerprint density at radius 2 is 2.00 bits per heavy atom. The predicted molar refractivity (Wildman–Crippen MR) is 42.8 cm³/mol. The standard InChI is InChI=1S/C8H17NO/c1-4-6-7(10)8(3,9)5-2/h4-6,9H2,1-3H3. The average molecular weight is 143 g/mol. The van der Waals surface area contributed by atoms with Crippen LogP contribution >= 0.6 is 0 Å². The van der Waals surface area contributed by atoms with Crippen LogP contribution in [0.3, 0.4) is 0 Å². The number of Topliss-reactive ketones (excluding diaryl/α,β-unsaturated/α-hetero) is 1. The zero-order valence-corrected chi connectivity index (χ0v) is 7.11. The van der Waals surface area contributed by atoms with Gasteiger partial charge in [0, 0.05) is 6.42 Å². The summed E-state index contributed by atoms with van der Waals surface area (Å²) >= 11 is 0. The molecule has 0 aromatic heterocycles. The van der Waals surface area contributed by atoms with Crippen LogP contribution in [0.15, 0.2) is 0 Å². The van der Waals surface area contributed by atoms with Gasteiger partial charge in [0.25, 0.3) is 0 Å². The van der Waals surface area contributed by atoms with Crippen molar-refractivity contribution in [2.24, 2.45) is 5.73 Å². The smallest absolute Gasteiger partial charge is 0.152 e. The van der Waals surface area contributed by atoms with Gasteiger partial charge in [0.15, 0.2) is 5.78 Å². The monoisotopic (exact) mass is 143 g/mol. The Hall–Kier alpha value is -0.370. The van der Waals surface area contributed by atoms with Crippen molar-refractivity contribution < 1.29 is 4.79 Å². The summed E-state index contributed by atoms with van der Waals surface area (Å²) in [5.74, 6) is 0.178. The number of hydrogen-bond donors (Lipinski definition) is 1. The molecular weight excluding hydrogens is 126 g/mol. The summed E-state index contributed by atoms with van der Waals surface area (Å²) in [6, 6.07) is 0. The molecule has 10 heavy (non-hydrogen) atoms. The van der Waals surface area contributed by atoms with Crippen LogP contribution in [0.5, 0.6) is 0 Å². The molecule has 2 nitrogen and oxygen atoms in total. The van der Waals surface area contributed by atoms with Gasteiger partial charge in [0.2, 0.25) is 0 Å². The van der Waals surface area contributed by atoms with Crippen LogP contribution in [0, 0.1) is 0 Å². The van der Waals surface area contributed by atoms with Crippen molar-refractivity contribution in [3.05, 3.63) is 0 Å². The van der Waals surface area contributed by atoms with Crippen LogP contribution in [0.4, 0.5) is 0 Å². The van der Waals surface area contributed by atoms with E-state index in [0.29, 0.717) is 6.42 Å². The van der Waals surface area contributed by atoms with Gasteiger partial charge in [0.05, 0.1) is 5.54 Å². The molecule has 0 bridgehead atoms. The summed E-state index contributed by atoms with van der Waals surface area (Å²) in [4.78, 5) is 11.2. The van der Waals surface area contributed by atoms with E-state index in [4.69, 9.17) is 5.73 Å². The van der Waals surface area contributed by atoms with E-state index in [-0.39, 0.29) is 5.78 Å². The fourth-order valence-corrected chi connectivity index (χ4v) is 0.710. The normalized spacial score (nSPS) is 16.4. The molecule has 0 aliphatic rings. The van der Waals surface area contributed by atoms with Gasteiger partial charge in [-0.05, 0) is 19.8 Å². The molecule has 0 fully saturated rings. The zero-order chi connectivity index (χ0) is 8.20. The third-order valence-corrected chi connectivity index (χ3v) is 1.85. The highest BCUT2D eigenvalue weighted by atomic mass is 16.1. The fourth-order valence-electron chi connectivity index (χ4n) is 0.710. The molecule has 0 saturated heterocycles. The number of ketones is 1. The Morgan fingerprint density at radius 1 is 1.50 bits per heavy atom. The summed E-state index contributed by atoms with van der Waals surface area (Å²) in [7, 11) is 0. The highest BCUT2D eigenvalue weighted by Gasteiger charge is 2.23. The van der Waals surface area contributed by atoms with Gasteiger partial charge in [-0.15, -0.1) is 0 Å². The molecule has 0 aliphatic heterocycles. The van der Waals surface area contributed by atoms with Gasteiger partial charge in [-0.1, -0.05) is 13.8 Å². The second-order valence-electron chi connectivity index (χ2n) is 2.94. The van der Waals surface area contributed by atoms with Crippen molar-refractivity contribution in [2.45, 2.75) is 45.6 Å². The van der Waals surface area contributed by atoms with Crippen LogP contribution in [-0.2, 0) is 4.79 Å². The van der Waals surface area contributed by atoms with E-state index in [2.05, 4.69) is 0 Å². The van der Waals surface area contributed by atoms with Gasteiger partial charge in [-0.25, -0.2) is 0 Å². The van der Waals surface area contributed by atoms with Gasteiger partial charge in [-0.2, -0.15) is 0 Å². The third-order valence-electron chi connectivity index (χ3n) is 1.85. The molecule has 1 atom stereocenters. The Bertz CT molecular complexity index is 118. The van der Waals surface area contributed by atoms with E-state index < -0.39 is 5.54 Å². The largest absolute Gasteiger partial charge is 0.319 e. The van der Waals surface area contributed by atoms with Gasteiger partial charge >= 0.3 is 0 Å². The number of rotatable bonds is 4. The van der Waals surface area contributed by atoms with Crippen LogP contribution in [0.25, 0.3) is 0 Å². The summed E-state index contributed by atoms with van der Waals surface area (Å²) in [6.07, 6.45) is 2.23. The Balaban J connectivity index is 3.91. The Labute approximate surface area is 62.8 Å². The molecule has 0 heterocycles. The molecule has 1 unspecified atom stereocenters. The van der Waals surface area contributed by atoms with E-state index in [9.17, 15) is 4.79 Å². The van der Waals surface area contributed by atoms with Crippen LogP contribution in [0.2, 0.25) is 0 Å². The van der Waals surface area contributed by atoms with Gasteiger partial charge in [-0.3, -0.25) is 4.79 Å². The lowest BCUT2D eigenvalue weighted by Crippen LogP contribution is -2.43. The quantitative estimate of drug-likeness (QED) is 0.647. The maximum Gasteiger partial charge on any atom is 0.152 e. The summed E-state index contributed by atoms with van der Waals surface area (Å²) in [6.45, 7) is 5.72. The van der Waals surface area contributed by atoms with Crippen molar-refractivity contribution in [1.82, 2.24) is 0 Å². The first-order valence-corrected chi connectivity index (χ1v) is 3.86. The molecule has 0 aromatic carbocycles. The average Bonchev–Trinajstić information content (AvgIpc) is 1.89. The van der Waals surface area contributed by atoms with E-state index in [0.717, 1.165) is 12.8 Å². The molecular formula is C8H17NO. The molecule has 0 aliphatic carbocycles. The summed E-state index contributed by atoms with van der Waals surface area (Å²) < 4.78 is 0. The van der Waals surface area contributed by atoms with E-state index in [1.165, 1.54) is 0 Å². The topological polar surface area (TPSA) is 43.1 Å². The van der Waals surface area contributed by atoms with Crippen molar-refractivity contribution in [3.8, 4) is 0 Å². The number of carbonyl (C=O) groups excluding carboxylic acids is 1. The molecule has 0 saturated carbocycles. The molecule has 0 amide bonds. The summed E-state index contributed by atoms with van der Waals surface area (Å²) in [5, 5.41) is 0. The molecule has 0 aromatic rings. The number of nitrogens with two attached hydrogens (primary N) is 1. The predicted octanol–water partition coefficient (Wildman–Crippen LogP) is 1.48. The second kappa shape index (κ2) is 3.71. The highest BCUT2D eigenvalue weighted by molar-refractivity contribution is 5.87. The van der Waals surface area contributed by atoms with Gasteiger partial charge < -0.3 is 5.73 Å². The van der Waals surface area contributed by atoms with Crippen LogP contribution in [-0.4, -0.2) is 11.3 Å². The third kappa shape index (κ3) is 2.48. The minimum atomic E-state index is -0.587. The lowest BCUT2D eigenvalue weighted by molar-refractivity contribution is -0.123. The molecule has 0 radical (unpaired) electrons. The highest BCUT2D eigenvalue weighted by Crippen LogP contribution is 2.09. The first-order chi connectivity index (χ1) is 4.54. The molecule has 60 valence electrons. The van der Waals surface area contributed by atoms with Crippen molar-refractivity contribution >= 4 is 5.78 Å². The number of carbonyl (C=O) groups is 1. The SMILES string of the molecule is CCCC(=O)C(C)(N)CC. The minimum Gasteiger partial charge on any atom is -0.319 e. The fraction of sp³-hybridized carbons (Fsp3) is 0.875. The Kier molecular flexibility index (Phi) is 3.58. The van der Waals surface area contributed by atoms with Gasteiger partial charge in [0.1, 0.15) is 0 Å². The van der Waals surface area contributed by atoms with Crippen molar-refractivity contribution in [1.29, 1.82) is 0 Å². The molecule has 2 heteroatoms. The zero-order valence-electron chi connectivity index (χ0n) is 7.11. The first-order valence-electron chi connectivity index (χ1n) is 3.86. The van der Waals surface area contributed by atoms with E-state index in [1.807, 2.05) is 13.8 Å². The number of hydrogen-bond acceptors (Lipinski definition) is 2.